The summed E-state index contributed by atoms with van der Waals surface area (Å²) in [6.45, 7) is 13.8. The molecular formula is C41H53F4N7O4. The normalized spacial score (nSPS) is 16.0. The topological polar surface area (TPSA) is 149 Å². The lowest BCUT2D eigenvalue weighted by Crippen LogP contribution is -2.53. The van der Waals surface area contributed by atoms with Gasteiger partial charge in [-0.3, -0.25) is 19.9 Å². The summed E-state index contributed by atoms with van der Waals surface area (Å²) < 4.78 is 59.8. The number of aryl methyl sites for hydroxylation is 1. The number of hydrogen-bond donors (Lipinski definition) is 6. The van der Waals surface area contributed by atoms with E-state index < -0.39 is 29.5 Å². The van der Waals surface area contributed by atoms with Gasteiger partial charge in [-0.05, 0) is 67.9 Å². The van der Waals surface area contributed by atoms with Crippen LogP contribution in [-0.4, -0.2) is 60.4 Å². The third kappa shape index (κ3) is 12.2. The van der Waals surface area contributed by atoms with Crippen molar-refractivity contribution in [2.75, 3.05) is 13.6 Å². The predicted octanol–water partition coefficient (Wildman–Crippen LogP) is 6.49. The van der Waals surface area contributed by atoms with E-state index in [-0.39, 0.29) is 59.2 Å². The van der Waals surface area contributed by atoms with Crippen LogP contribution >= 0.6 is 0 Å². The molecule has 1 heterocycles. The fraction of sp³-hybridized carbons (Fsp3) is 0.463. The first-order valence-corrected chi connectivity index (χ1v) is 18.7. The van der Waals surface area contributed by atoms with Gasteiger partial charge >= 0.3 is 12.2 Å². The molecule has 0 bridgehead atoms. The Morgan fingerprint density at radius 1 is 1.05 bits per heavy atom. The van der Waals surface area contributed by atoms with Crippen molar-refractivity contribution in [3.8, 4) is 12.5 Å². The van der Waals surface area contributed by atoms with Gasteiger partial charge in [0.2, 0.25) is 17.7 Å². The van der Waals surface area contributed by atoms with Crippen LogP contribution in [0.1, 0.15) is 76.3 Å². The summed E-state index contributed by atoms with van der Waals surface area (Å²) in [7, 11) is 1.60. The number of aromatic amines is 1. The molecule has 0 radical (unpaired) electrons. The quantitative estimate of drug-likeness (QED) is 0.0276. The highest BCUT2D eigenvalue weighted by molar-refractivity contribution is 5.90. The van der Waals surface area contributed by atoms with Gasteiger partial charge in [-0.15, -0.1) is 0 Å². The molecule has 15 heteroatoms. The number of para-hydroxylation sites is 1. The molecular weight excluding hydrogens is 730 g/mol. The van der Waals surface area contributed by atoms with Crippen LogP contribution in [0.5, 0.6) is 0 Å². The van der Waals surface area contributed by atoms with Crippen LogP contribution in [0.2, 0.25) is 0 Å². The zero-order chi connectivity index (χ0) is 41.6. The molecule has 4 rings (SSSR count). The standard InChI is InChI=1S/C27H29F4N3O2.C14H24N4O2/c1-3-15(2)24(34-23(35)13-16-7-4-5-10-21(16)28)26(36)32-17-11-12-22-19(14-17)18-8-6-9-20(25(18)33-22)27(29,30)31;1-7-10(4)12(16-8-2)13(15-6)20-11(5)18-14(19)17-9-3/h4-10,15,17,24,33H,3,11-14H2,1-2H3,(H,32,36)(H,34,35);2,10,12,16H,5,7,9H2,1,3-4,6H3,(H2,17,18,19)/t;10-,12?/m.0/s1. The molecule has 0 saturated carbocycles. The number of aliphatic imine (C=N–C) groups is 1. The molecule has 5 atom stereocenters. The summed E-state index contributed by atoms with van der Waals surface area (Å²) in [4.78, 5) is 44.2. The van der Waals surface area contributed by atoms with E-state index in [1.165, 1.54) is 18.2 Å². The van der Waals surface area contributed by atoms with Crippen LogP contribution < -0.4 is 26.6 Å². The van der Waals surface area contributed by atoms with Crippen LogP contribution in [0.25, 0.3) is 10.9 Å². The van der Waals surface area contributed by atoms with Crippen molar-refractivity contribution in [1.29, 1.82) is 0 Å². The Morgan fingerprint density at radius 2 is 1.73 bits per heavy atom. The number of ether oxygens (including phenoxy) is 1. The highest BCUT2D eigenvalue weighted by atomic mass is 19.4. The number of aromatic nitrogens is 1. The van der Waals surface area contributed by atoms with Gasteiger partial charge < -0.3 is 31.0 Å². The van der Waals surface area contributed by atoms with Gasteiger partial charge in [0, 0.05) is 36.8 Å². The van der Waals surface area contributed by atoms with Crippen LogP contribution in [0, 0.1) is 30.1 Å². The molecule has 6 N–H and O–H groups in total. The molecule has 0 saturated heterocycles. The number of alkyl halides is 3. The van der Waals surface area contributed by atoms with Crippen molar-refractivity contribution in [2.24, 2.45) is 16.8 Å². The lowest BCUT2D eigenvalue weighted by molar-refractivity contribution is -0.136. The zero-order valence-electron chi connectivity index (χ0n) is 32.8. The Balaban J connectivity index is 0.000000359. The second-order valence-electron chi connectivity index (χ2n) is 13.7. The number of hydrogen-bond acceptors (Lipinski definition) is 6. The number of nitrogens with one attached hydrogen (secondary N) is 6. The van der Waals surface area contributed by atoms with Crippen molar-refractivity contribution in [3.05, 3.63) is 83.1 Å². The Morgan fingerprint density at radius 3 is 2.34 bits per heavy atom. The number of rotatable bonds is 14. The monoisotopic (exact) mass is 783 g/mol. The Kier molecular flexibility index (Phi) is 16.8. The molecule has 4 amide bonds. The third-order valence-corrected chi connectivity index (χ3v) is 9.75. The van der Waals surface area contributed by atoms with Gasteiger partial charge in [-0.25, -0.2) is 9.18 Å². The fourth-order valence-electron chi connectivity index (χ4n) is 6.34. The average molecular weight is 784 g/mol. The average Bonchev–Trinajstić information content (AvgIpc) is 3.53. The van der Waals surface area contributed by atoms with E-state index in [4.69, 9.17) is 11.2 Å². The number of nitrogens with zero attached hydrogens (tertiary/aromatic N) is 1. The Hall–Kier alpha value is -5.52. The van der Waals surface area contributed by atoms with E-state index in [1.54, 1.807) is 25.2 Å². The maximum Gasteiger partial charge on any atom is 0.418 e. The minimum absolute atomic E-state index is 0.0693. The van der Waals surface area contributed by atoms with Gasteiger partial charge in [-0.2, -0.15) is 13.2 Å². The number of carbonyl (C=O) groups is 3. The molecule has 0 aliphatic heterocycles. The van der Waals surface area contributed by atoms with Crippen LogP contribution in [0.4, 0.5) is 22.4 Å². The number of benzene rings is 2. The second kappa shape index (κ2) is 21.0. The maximum absolute atomic E-state index is 14.0. The van der Waals surface area contributed by atoms with E-state index in [2.05, 4.69) is 49.2 Å². The van der Waals surface area contributed by atoms with Crippen LogP contribution in [-0.2, 0) is 39.8 Å². The first-order valence-electron chi connectivity index (χ1n) is 18.7. The fourth-order valence-corrected chi connectivity index (χ4v) is 6.34. The number of amides is 4. The van der Waals surface area contributed by atoms with Crippen molar-refractivity contribution >= 4 is 34.6 Å². The lowest BCUT2D eigenvalue weighted by Gasteiger charge is -2.29. The summed E-state index contributed by atoms with van der Waals surface area (Å²) >= 11 is 0. The van der Waals surface area contributed by atoms with Crippen molar-refractivity contribution in [2.45, 2.75) is 97.4 Å². The SMILES string of the molecule is C#CNC(C(=NC)OC(=C)NC(=O)NCC)[C@@H](C)CC.CCC(C)C(NC(=O)Cc1ccccc1F)C(=O)NC1CCc2[nH]c3c(C(F)(F)F)cccc3c2C1. The van der Waals surface area contributed by atoms with Gasteiger partial charge in [-0.1, -0.05) is 77.3 Å². The minimum Gasteiger partial charge on any atom is -0.425 e. The highest BCUT2D eigenvalue weighted by Gasteiger charge is 2.35. The molecule has 1 aromatic heterocycles. The van der Waals surface area contributed by atoms with Crippen LogP contribution in [0.3, 0.4) is 0 Å². The number of terminal acetylenes is 1. The Labute approximate surface area is 325 Å². The molecule has 3 aromatic rings. The smallest absolute Gasteiger partial charge is 0.418 e. The maximum atomic E-state index is 14.0. The number of urea groups is 1. The number of halogens is 4. The molecule has 1 aliphatic carbocycles. The third-order valence-electron chi connectivity index (χ3n) is 9.75. The van der Waals surface area contributed by atoms with Crippen molar-refractivity contribution in [1.82, 2.24) is 31.6 Å². The summed E-state index contributed by atoms with van der Waals surface area (Å²) in [5, 5.41) is 14.2. The first kappa shape index (κ1) is 44.9. The molecule has 4 unspecified atom stereocenters. The highest BCUT2D eigenvalue weighted by Crippen LogP contribution is 2.38. The summed E-state index contributed by atoms with van der Waals surface area (Å²) in [5.74, 6) is -0.748. The molecule has 2 aromatic carbocycles. The molecule has 56 heavy (non-hydrogen) atoms. The van der Waals surface area contributed by atoms with Crippen LogP contribution in [0.15, 0.2) is 59.9 Å². The molecule has 0 fully saturated rings. The molecule has 1 aliphatic rings. The number of fused-ring (bicyclic) bond motifs is 3. The molecule has 0 spiro atoms. The minimum atomic E-state index is -4.47. The van der Waals surface area contributed by atoms with E-state index in [0.717, 1.165) is 23.7 Å². The van der Waals surface area contributed by atoms with Gasteiger partial charge in [0.25, 0.3) is 0 Å². The van der Waals surface area contributed by atoms with Crippen molar-refractivity contribution in [3.63, 3.8) is 0 Å². The van der Waals surface area contributed by atoms with Gasteiger partial charge in [0.15, 0.2) is 5.88 Å². The lowest BCUT2D eigenvalue weighted by atomic mass is 9.90. The number of H-pyrrole nitrogens is 1. The largest absolute Gasteiger partial charge is 0.425 e. The first-order chi connectivity index (χ1) is 26.6. The van der Waals surface area contributed by atoms with E-state index in [1.807, 2.05) is 34.6 Å². The van der Waals surface area contributed by atoms with Gasteiger partial charge in [0.1, 0.15) is 17.9 Å². The summed E-state index contributed by atoms with van der Waals surface area (Å²) in [5.41, 5.74) is 1.14. The second-order valence-corrected chi connectivity index (χ2v) is 13.7. The Bertz CT molecular complexity index is 1900. The summed E-state index contributed by atoms with van der Waals surface area (Å²) in [6.07, 6.45) is 3.62. The zero-order valence-corrected chi connectivity index (χ0v) is 32.8. The van der Waals surface area contributed by atoms with E-state index in [0.29, 0.717) is 43.5 Å². The van der Waals surface area contributed by atoms with Crippen molar-refractivity contribution < 1.29 is 36.7 Å². The summed E-state index contributed by atoms with van der Waals surface area (Å²) in [6, 6.07) is 10.8. The van der Waals surface area contributed by atoms with E-state index >= 15 is 0 Å². The molecule has 11 nitrogen and oxygen atoms in total. The van der Waals surface area contributed by atoms with E-state index in [9.17, 15) is 31.9 Å². The predicted molar refractivity (Wildman–Crippen MR) is 210 cm³/mol. The number of carbonyl (C=O) groups excluding carboxylic acids is 3. The van der Waals surface area contributed by atoms with Gasteiger partial charge in [0.05, 0.1) is 17.5 Å². The molecule has 304 valence electrons.